The third-order valence-electron chi connectivity index (χ3n) is 3.29. The summed E-state index contributed by atoms with van der Waals surface area (Å²) in [5, 5.41) is 2.80. The van der Waals surface area contributed by atoms with E-state index in [2.05, 4.69) is 32.2 Å². The molecule has 0 fully saturated rings. The third kappa shape index (κ3) is 5.94. The number of nitrogens with two attached hydrogens (primary N) is 1. The number of carbonyl (C=O) groups excluding carboxylic acids is 1. The van der Waals surface area contributed by atoms with E-state index in [0.29, 0.717) is 12.5 Å². The van der Waals surface area contributed by atoms with Gasteiger partial charge in [0.05, 0.1) is 0 Å². The maximum atomic E-state index is 11.9. The standard InChI is InChI=1S/C16H26N2O2.ClH/c1-10(2)15-7-6-14(8-11(15)3)20-13(5)16(19)18-12(4)9-17;/h6-8,10,12-13H,9,17H2,1-5H3,(H,18,19);1H/t12-,13?;/m0./s1. The van der Waals surface area contributed by atoms with Gasteiger partial charge >= 0.3 is 0 Å². The molecule has 0 aromatic heterocycles. The first kappa shape index (κ1) is 19.7. The van der Waals surface area contributed by atoms with E-state index in [1.54, 1.807) is 6.92 Å². The minimum atomic E-state index is -0.534. The van der Waals surface area contributed by atoms with E-state index >= 15 is 0 Å². The van der Waals surface area contributed by atoms with Gasteiger partial charge in [-0.3, -0.25) is 4.79 Å². The van der Waals surface area contributed by atoms with Crippen LogP contribution in [0.1, 0.15) is 44.7 Å². The van der Waals surface area contributed by atoms with Crippen molar-refractivity contribution < 1.29 is 9.53 Å². The van der Waals surface area contributed by atoms with Crippen molar-refractivity contribution in [1.29, 1.82) is 0 Å². The Morgan fingerprint density at radius 1 is 1.29 bits per heavy atom. The molecule has 1 aromatic carbocycles. The molecule has 4 nitrogen and oxygen atoms in total. The van der Waals surface area contributed by atoms with Crippen LogP contribution in [-0.4, -0.2) is 24.6 Å². The molecule has 3 N–H and O–H groups in total. The Morgan fingerprint density at radius 2 is 1.90 bits per heavy atom. The van der Waals surface area contributed by atoms with Crippen molar-refractivity contribution in [3.63, 3.8) is 0 Å². The summed E-state index contributed by atoms with van der Waals surface area (Å²) < 4.78 is 5.68. The van der Waals surface area contributed by atoms with E-state index in [4.69, 9.17) is 10.5 Å². The van der Waals surface area contributed by atoms with Crippen molar-refractivity contribution in [3.8, 4) is 5.75 Å². The number of rotatable bonds is 6. The highest BCUT2D eigenvalue weighted by molar-refractivity contribution is 5.85. The summed E-state index contributed by atoms with van der Waals surface area (Å²) in [4.78, 5) is 11.9. The lowest BCUT2D eigenvalue weighted by Gasteiger charge is -2.19. The van der Waals surface area contributed by atoms with Crippen molar-refractivity contribution >= 4 is 18.3 Å². The number of carbonyl (C=O) groups is 1. The Kier molecular flexibility index (Phi) is 8.37. The second-order valence-corrected chi connectivity index (χ2v) is 5.58. The van der Waals surface area contributed by atoms with Gasteiger partial charge < -0.3 is 15.8 Å². The minimum absolute atomic E-state index is 0. The first-order valence-electron chi connectivity index (χ1n) is 7.12. The van der Waals surface area contributed by atoms with Crippen molar-refractivity contribution in [1.82, 2.24) is 5.32 Å². The van der Waals surface area contributed by atoms with Crippen LogP contribution >= 0.6 is 12.4 Å². The van der Waals surface area contributed by atoms with Gasteiger partial charge in [0, 0.05) is 12.6 Å². The van der Waals surface area contributed by atoms with Gasteiger partial charge in [-0.2, -0.15) is 0 Å². The van der Waals surface area contributed by atoms with Gasteiger partial charge in [-0.15, -0.1) is 12.4 Å². The van der Waals surface area contributed by atoms with E-state index < -0.39 is 6.10 Å². The molecule has 0 radical (unpaired) electrons. The predicted molar refractivity (Wildman–Crippen MR) is 89.3 cm³/mol. The molecule has 0 saturated carbocycles. The van der Waals surface area contributed by atoms with Crippen molar-refractivity contribution in [3.05, 3.63) is 29.3 Å². The van der Waals surface area contributed by atoms with Gasteiger partial charge in [0.2, 0.25) is 0 Å². The maximum Gasteiger partial charge on any atom is 0.261 e. The first-order valence-corrected chi connectivity index (χ1v) is 7.12. The summed E-state index contributed by atoms with van der Waals surface area (Å²) in [5.41, 5.74) is 7.96. The van der Waals surface area contributed by atoms with Gasteiger partial charge in [0.15, 0.2) is 6.10 Å². The molecule has 1 rings (SSSR count). The molecule has 2 atom stereocenters. The molecular formula is C16H27ClN2O2. The molecule has 120 valence electrons. The van der Waals surface area contributed by atoms with Crippen LogP contribution in [0, 0.1) is 6.92 Å². The average molecular weight is 315 g/mol. The third-order valence-corrected chi connectivity index (χ3v) is 3.29. The average Bonchev–Trinajstić information content (AvgIpc) is 2.37. The SMILES string of the molecule is Cc1cc(OC(C)C(=O)N[C@@H](C)CN)ccc1C(C)C.Cl. The number of hydrogen-bond acceptors (Lipinski definition) is 3. The molecular weight excluding hydrogens is 288 g/mol. The maximum absolute atomic E-state index is 11.9. The zero-order chi connectivity index (χ0) is 15.3. The lowest BCUT2D eigenvalue weighted by Crippen LogP contribution is -2.44. The molecule has 1 unspecified atom stereocenters. The Morgan fingerprint density at radius 3 is 2.38 bits per heavy atom. The van der Waals surface area contributed by atoms with Crippen LogP contribution in [0.25, 0.3) is 0 Å². The van der Waals surface area contributed by atoms with Crippen LogP contribution < -0.4 is 15.8 Å². The fourth-order valence-electron chi connectivity index (χ4n) is 2.05. The molecule has 21 heavy (non-hydrogen) atoms. The number of amides is 1. The van der Waals surface area contributed by atoms with Crippen LogP contribution in [-0.2, 0) is 4.79 Å². The normalized spacial score (nSPS) is 13.3. The Hall–Kier alpha value is -1.26. The van der Waals surface area contributed by atoms with Crippen molar-refractivity contribution in [2.24, 2.45) is 5.73 Å². The highest BCUT2D eigenvalue weighted by Gasteiger charge is 2.16. The minimum Gasteiger partial charge on any atom is -0.481 e. The largest absolute Gasteiger partial charge is 0.481 e. The first-order chi connectivity index (χ1) is 9.35. The fraction of sp³-hybridized carbons (Fsp3) is 0.562. The van der Waals surface area contributed by atoms with Crippen molar-refractivity contribution in [2.75, 3.05) is 6.54 Å². The van der Waals surface area contributed by atoms with Crippen LogP contribution in [0.4, 0.5) is 0 Å². The quantitative estimate of drug-likeness (QED) is 0.848. The Bertz CT molecular complexity index is 464. The molecule has 0 aliphatic heterocycles. The van der Waals surface area contributed by atoms with Crippen LogP contribution in [0.15, 0.2) is 18.2 Å². The fourth-order valence-corrected chi connectivity index (χ4v) is 2.05. The number of nitrogens with one attached hydrogen (secondary N) is 1. The van der Waals surface area contributed by atoms with Crippen LogP contribution in [0.2, 0.25) is 0 Å². The zero-order valence-electron chi connectivity index (χ0n) is 13.5. The second kappa shape index (κ2) is 8.90. The smallest absolute Gasteiger partial charge is 0.261 e. The lowest BCUT2D eigenvalue weighted by atomic mass is 9.98. The number of benzene rings is 1. The van der Waals surface area contributed by atoms with Crippen molar-refractivity contribution in [2.45, 2.75) is 52.7 Å². The molecule has 1 amide bonds. The van der Waals surface area contributed by atoms with E-state index in [1.165, 1.54) is 11.1 Å². The topological polar surface area (TPSA) is 64.3 Å². The number of aryl methyl sites for hydroxylation is 1. The number of halogens is 1. The van der Waals surface area contributed by atoms with Gasteiger partial charge in [-0.05, 0) is 49.9 Å². The van der Waals surface area contributed by atoms with Gasteiger partial charge in [-0.25, -0.2) is 0 Å². The van der Waals surface area contributed by atoms with Gasteiger partial charge in [0.25, 0.3) is 5.91 Å². The summed E-state index contributed by atoms with van der Waals surface area (Å²) in [5.74, 6) is 1.05. The van der Waals surface area contributed by atoms with E-state index in [0.717, 1.165) is 5.75 Å². The molecule has 0 aliphatic carbocycles. The second-order valence-electron chi connectivity index (χ2n) is 5.58. The summed E-state index contributed by atoms with van der Waals surface area (Å²) >= 11 is 0. The number of ether oxygens (including phenoxy) is 1. The highest BCUT2D eigenvalue weighted by atomic mass is 35.5. The van der Waals surface area contributed by atoms with E-state index in [9.17, 15) is 4.79 Å². The lowest BCUT2D eigenvalue weighted by molar-refractivity contribution is -0.127. The molecule has 5 heteroatoms. The molecule has 0 aliphatic rings. The molecule has 1 aromatic rings. The molecule has 0 bridgehead atoms. The Labute approximate surface area is 133 Å². The summed E-state index contributed by atoms with van der Waals surface area (Å²) in [6.45, 7) is 10.4. The van der Waals surface area contributed by atoms with Crippen LogP contribution in [0.5, 0.6) is 5.75 Å². The Balaban J connectivity index is 0.00000400. The molecule has 0 heterocycles. The monoisotopic (exact) mass is 314 g/mol. The van der Waals surface area contributed by atoms with E-state index in [-0.39, 0.29) is 24.4 Å². The van der Waals surface area contributed by atoms with Gasteiger partial charge in [0.1, 0.15) is 5.75 Å². The number of hydrogen-bond donors (Lipinski definition) is 2. The predicted octanol–water partition coefficient (Wildman–Crippen LogP) is 2.77. The summed E-state index contributed by atoms with van der Waals surface area (Å²) in [6, 6.07) is 5.91. The van der Waals surface area contributed by atoms with Gasteiger partial charge in [-0.1, -0.05) is 19.9 Å². The van der Waals surface area contributed by atoms with Crippen LogP contribution in [0.3, 0.4) is 0 Å². The summed E-state index contributed by atoms with van der Waals surface area (Å²) in [7, 11) is 0. The highest BCUT2D eigenvalue weighted by Crippen LogP contribution is 2.24. The molecule has 0 saturated heterocycles. The molecule has 0 spiro atoms. The zero-order valence-corrected chi connectivity index (χ0v) is 14.3. The summed E-state index contributed by atoms with van der Waals surface area (Å²) in [6.07, 6.45) is -0.534. The van der Waals surface area contributed by atoms with E-state index in [1.807, 2.05) is 19.1 Å².